The summed E-state index contributed by atoms with van der Waals surface area (Å²) in [4.78, 5) is 13.8. The molecule has 5 heteroatoms. The number of nitrogens with two attached hydrogens (primary N) is 1. The predicted molar refractivity (Wildman–Crippen MR) is 92.7 cm³/mol. The number of hydrogen-bond acceptors (Lipinski definition) is 5. The van der Waals surface area contributed by atoms with Gasteiger partial charge in [-0.15, -0.1) is 11.8 Å². The molecule has 2 N–H and O–H groups in total. The lowest BCUT2D eigenvalue weighted by atomic mass is 10.0. The smallest absolute Gasteiger partial charge is 0.141 e. The molecule has 4 nitrogen and oxygen atoms in total. The van der Waals surface area contributed by atoms with Gasteiger partial charge in [0.15, 0.2) is 0 Å². The van der Waals surface area contributed by atoms with Gasteiger partial charge in [-0.3, -0.25) is 4.99 Å². The van der Waals surface area contributed by atoms with Gasteiger partial charge < -0.3 is 5.73 Å². The molecule has 2 aliphatic rings. The Kier molecular flexibility index (Phi) is 4.40. The van der Waals surface area contributed by atoms with Crippen molar-refractivity contribution in [2.45, 2.75) is 17.7 Å². The van der Waals surface area contributed by atoms with Gasteiger partial charge in [-0.25, -0.2) is 9.97 Å². The van der Waals surface area contributed by atoms with E-state index in [9.17, 15) is 0 Å². The Morgan fingerprint density at radius 1 is 1.50 bits per heavy atom. The summed E-state index contributed by atoms with van der Waals surface area (Å²) < 4.78 is 0. The fourth-order valence-electron chi connectivity index (χ4n) is 2.32. The second-order valence-corrected chi connectivity index (χ2v) is 5.83. The summed E-state index contributed by atoms with van der Waals surface area (Å²) >= 11 is 1.69. The van der Waals surface area contributed by atoms with E-state index in [1.54, 1.807) is 11.8 Å². The molecule has 1 aromatic heterocycles. The molecule has 1 aromatic rings. The average Bonchev–Trinajstić information content (AvgIpc) is 2.77. The molecule has 0 saturated heterocycles. The van der Waals surface area contributed by atoms with Crippen LogP contribution in [0.25, 0.3) is 5.57 Å². The normalized spacial score (nSPS) is 18.5. The zero-order valence-electron chi connectivity index (χ0n) is 12.3. The first-order valence-electron chi connectivity index (χ1n) is 7.04. The van der Waals surface area contributed by atoms with E-state index in [0.717, 1.165) is 40.5 Å². The zero-order chi connectivity index (χ0) is 15.4. The lowest BCUT2D eigenvalue weighted by Gasteiger charge is -2.03. The molecule has 0 radical (unpaired) electrons. The van der Waals surface area contributed by atoms with Crippen molar-refractivity contribution in [1.82, 2.24) is 9.97 Å². The quantitative estimate of drug-likeness (QED) is 0.689. The van der Waals surface area contributed by atoms with Crippen LogP contribution in [-0.4, -0.2) is 28.5 Å². The first kappa shape index (κ1) is 14.6. The van der Waals surface area contributed by atoms with E-state index in [4.69, 9.17) is 5.73 Å². The lowest BCUT2D eigenvalue weighted by Crippen LogP contribution is -2.01. The fraction of sp³-hybridized carbons (Fsp3) is 0.235. The summed E-state index contributed by atoms with van der Waals surface area (Å²) in [5.74, 6) is 7.72. The van der Waals surface area contributed by atoms with Crippen LogP contribution >= 0.6 is 11.8 Å². The molecule has 0 saturated carbocycles. The molecule has 1 aliphatic heterocycles. The van der Waals surface area contributed by atoms with Gasteiger partial charge in [0.1, 0.15) is 12.1 Å². The van der Waals surface area contributed by atoms with Crippen LogP contribution in [0.3, 0.4) is 0 Å². The highest BCUT2D eigenvalue weighted by atomic mass is 32.2. The van der Waals surface area contributed by atoms with Crippen molar-refractivity contribution in [3.8, 4) is 11.8 Å². The molecule has 22 heavy (non-hydrogen) atoms. The number of thioether (sulfide) groups is 1. The Labute approximate surface area is 134 Å². The topological polar surface area (TPSA) is 64.2 Å². The minimum Gasteiger partial charge on any atom is -0.383 e. The maximum atomic E-state index is 5.89. The van der Waals surface area contributed by atoms with Gasteiger partial charge in [0.2, 0.25) is 0 Å². The highest BCUT2D eigenvalue weighted by Crippen LogP contribution is 2.40. The fourth-order valence-corrected chi connectivity index (χ4v) is 3.40. The maximum Gasteiger partial charge on any atom is 0.141 e. The van der Waals surface area contributed by atoms with Crippen molar-refractivity contribution in [3.05, 3.63) is 41.9 Å². The number of aliphatic imine (C=N–C) groups is 1. The van der Waals surface area contributed by atoms with E-state index < -0.39 is 0 Å². The summed E-state index contributed by atoms with van der Waals surface area (Å²) in [6, 6.07) is 0. The van der Waals surface area contributed by atoms with E-state index in [1.165, 1.54) is 11.9 Å². The minimum atomic E-state index is 0.560. The predicted octanol–water partition coefficient (Wildman–Crippen LogP) is 2.90. The molecular formula is C17H16N4S. The molecule has 0 fully saturated rings. The van der Waals surface area contributed by atoms with Crippen LogP contribution in [0.2, 0.25) is 0 Å². The molecule has 0 unspecified atom stereocenters. The molecule has 0 aromatic carbocycles. The number of aromatic nitrogens is 2. The number of nitrogen functional groups attached to an aromatic ring is 1. The molecule has 110 valence electrons. The van der Waals surface area contributed by atoms with Crippen molar-refractivity contribution in [3.63, 3.8) is 0 Å². The van der Waals surface area contributed by atoms with Crippen molar-refractivity contribution >= 4 is 28.9 Å². The molecule has 0 bridgehead atoms. The molecule has 1 aliphatic carbocycles. The molecular weight excluding hydrogens is 292 g/mol. The van der Waals surface area contributed by atoms with Gasteiger partial charge in [0.05, 0.1) is 16.3 Å². The van der Waals surface area contributed by atoms with Crippen LogP contribution in [0.5, 0.6) is 0 Å². The third-order valence-corrected chi connectivity index (χ3v) is 4.62. The van der Waals surface area contributed by atoms with Crippen molar-refractivity contribution < 1.29 is 0 Å². The third-order valence-electron chi connectivity index (χ3n) is 3.47. The monoisotopic (exact) mass is 308 g/mol. The van der Waals surface area contributed by atoms with Crippen LogP contribution < -0.4 is 5.73 Å². The molecule has 0 atom stereocenters. The molecule has 3 rings (SSSR count). The highest BCUT2D eigenvalue weighted by molar-refractivity contribution is 8.00. The second-order valence-electron chi connectivity index (χ2n) is 4.84. The minimum absolute atomic E-state index is 0.560. The van der Waals surface area contributed by atoms with Crippen molar-refractivity contribution in [2.24, 2.45) is 4.99 Å². The zero-order valence-corrected chi connectivity index (χ0v) is 13.2. The highest BCUT2D eigenvalue weighted by Gasteiger charge is 2.21. The summed E-state index contributed by atoms with van der Waals surface area (Å²) in [5, 5.41) is 0. The van der Waals surface area contributed by atoms with E-state index in [-0.39, 0.29) is 0 Å². The lowest BCUT2D eigenvalue weighted by molar-refractivity contribution is 1.09. The molecule has 0 amide bonds. The maximum absolute atomic E-state index is 5.89. The Hall–Kier alpha value is -2.32. The number of rotatable bonds is 3. The summed E-state index contributed by atoms with van der Waals surface area (Å²) in [5.41, 5.74) is 10.0. The average molecular weight is 308 g/mol. The van der Waals surface area contributed by atoms with Crippen LogP contribution in [0.15, 0.2) is 46.1 Å². The number of anilines is 1. The van der Waals surface area contributed by atoms with Gasteiger partial charge in [-0.05, 0) is 11.6 Å². The number of nitrogens with zero attached hydrogens (tertiary/aromatic N) is 3. The summed E-state index contributed by atoms with van der Waals surface area (Å²) in [6.45, 7) is 0. The van der Waals surface area contributed by atoms with E-state index in [1.807, 2.05) is 19.2 Å². The standard InChI is InChI=1S/C17H16N4S/c1-19-14(12-6-4-2-3-5-7-12)9-8-13-10-22-16-15(13)20-11-21-17(16)18/h2,4,6,8,11H,3,9-10H2,1H3,(H2,18,20,21)/b13-8+,19-14?. The Morgan fingerprint density at radius 3 is 3.27 bits per heavy atom. The van der Waals surface area contributed by atoms with Crippen LogP contribution in [-0.2, 0) is 0 Å². The number of allylic oxidation sites excluding steroid dienone is 5. The van der Waals surface area contributed by atoms with Gasteiger partial charge in [0, 0.05) is 31.2 Å². The summed E-state index contributed by atoms with van der Waals surface area (Å²) in [6.07, 6.45) is 11.3. The first-order chi connectivity index (χ1) is 10.8. The Balaban J connectivity index is 1.83. The second kappa shape index (κ2) is 6.63. The third kappa shape index (κ3) is 2.97. The Bertz CT molecular complexity index is 776. The van der Waals surface area contributed by atoms with Gasteiger partial charge in [-0.1, -0.05) is 30.1 Å². The van der Waals surface area contributed by atoms with E-state index >= 15 is 0 Å². The van der Waals surface area contributed by atoms with Crippen LogP contribution in [0, 0.1) is 11.8 Å². The first-order valence-corrected chi connectivity index (χ1v) is 8.02. The Morgan fingerprint density at radius 2 is 2.41 bits per heavy atom. The molecule has 0 spiro atoms. The number of fused-ring (bicyclic) bond motifs is 1. The van der Waals surface area contributed by atoms with E-state index in [2.05, 4.69) is 39.0 Å². The largest absolute Gasteiger partial charge is 0.383 e. The molecule has 2 heterocycles. The number of hydrogen-bond donors (Lipinski definition) is 1. The SMILES string of the molecule is CN=C(C/C=C1\CSc2c(N)ncnc21)C1=CC=CCC#C1. The summed E-state index contributed by atoms with van der Waals surface area (Å²) in [7, 11) is 1.81. The van der Waals surface area contributed by atoms with Gasteiger partial charge >= 0.3 is 0 Å². The van der Waals surface area contributed by atoms with Crippen LogP contribution in [0.4, 0.5) is 5.82 Å². The van der Waals surface area contributed by atoms with Crippen molar-refractivity contribution in [1.29, 1.82) is 0 Å². The van der Waals surface area contributed by atoms with Gasteiger partial charge in [-0.2, -0.15) is 0 Å². The van der Waals surface area contributed by atoms with Crippen LogP contribution in [0.1, 0.15) is 18.5 Å². The van der Waals surface area contributed by atoms with Gasteiger partial charge in [0.25, 0.3) is 0 Å². The van der Waals surface area contributed by atoms with E-state index in [0.29, 0.717) is 5.82 Å². The van der Waals surface area contributed by atoms with Crippen molar-refractivity contribution in [2.75, 3.05) is 18.5 Å².